The first-order valence-corrected chi connectivity index (χ1v) is 10.3. The molecule has 1 spiro atoms. The number of aromatic nitrogens is 4. The zero-order valence-corrected chi connectivity index (χ0v) is 16.8. The summed E-state index contributed by atoms with van der Waals surface area (Å²) in [7, 11) is 0. The van der Waals surface area contributed by atoms with Gasteiger partial charge in [-0.2, -0.15) is 5.10 Å². The van der Waals surface area contributed by atoms with Crippen molar-refractivity contribution >= 4 is 23.2 Å². The van der Waals surface area contributed by atoms with Gasteiger partial charge in [-0.3, -0.25) is 4.79 Å². The van der Waals surface area contributed by atoms with Gasteiger partial charge >= 0.3 is 0 Å². The number of pyridine rings is 1. The maximum Gasteiger partial charge on any atom is 0.257 e. The minimum absolute atomic E-state index is 0.0189. The zero-order valence-electron chi connectivity index (χ0n) is 16.8. The molecule has 5 heterocycles. The highest BCUT2D eigenvalue weighted by Crippen LogP contribution is 2.38. The minimum Gasteiger partial charge on any atom is -0.377 e. The van der Waals surface area contributed by atoms with E-state index in [1.807, 2.05) is 25.4 Å². The summed E-state index contributed by atoms with van der Waals surface area (Å²) in [5.41, 5.74) is 3.00. The lowest BCUT2D eigenvalue weighted by atomic mass is 10.0. The average molecular weight is 405 g/mol. The Labute approximate surface area is 173 Å². The number of fused-ring (bicyclic) bond motifs is 5. The van der Waals surface area contributed by atoms with Gasteiger partial charge < -0.3 is 20.3 Å². The first-order chi connectivity index (χ1) is 14.6. The van der Waals surface area contributed by atoms with E-state index in [0.29, 0.717) is 37.5 Å². The summed E-state index contributed by atoms with van der Waals surface area (Å²) < 4.78 is 7.52. The average Bonchev–Trinajstić information content (AvgIpc) is 3.38. The molecule has 3 aromatic heterocycles. The summed E-state index contributed by atoms with van der Waals surface area (Å²) >= 11 is 0. The van der Waals surface area contributed by atoms with Gasteiger partial charge in [-0.15, -0.1) is 0 Å². The minimum atomic E-state index is -0.260. The smallest absolute Gasteiger partial charge is 0.257 e. The van der Waals surface area contributed by atoms with E-state index in [-0.39, 0.29) is 17.5 Å². The summed E-state index contributed by atoms with van der Waals surface area (Å²) in [4.78, 5) is 24.8. The number of ether oxygens (including phenoxy) is 1. The maximum atomic E-state index is 13.0. The number of nitrogens with zero attached hydrogens (tertiary/aromatic N) is 5. The molecule has 6 rings (SSSR count). The van der Waals surface area contributed by atoms with Crippen molar-refractivity contribution in [2.45, 2.75) is 31.3 Å². The summed E-state index contributed by atoms with van der Waals surface area (Å²) in [5, 5.41) is 11.0. The van der Waals surface area contributed by atoms with Crippen molar-refractivity contribution in [3.63, 3.8) is 0 Å². The first-order valence-electron chi connectivity index (χ1n) is 10.3. The van der Waals surface area contributed by atoms with Gasteiger partial charge in [0.25, 0.3) is 5.91 Å². The SMILES string of the molecule is Cc1cnc2c(c1)[C@H]1COCCN1c1ccn3ncc(c3n1)C(=O)NC1(CC1)CN2. The van der Waals surface area contributed by atoms with Gasteiger partial charge in [0.2, 0.25) is 0 Å². The van der Waals surface area contributed by atoms with Crippen molar-refractivity contribution in [3.05, 3.63) is 47.4 Å². The molecule has 30 heavy (non-hydrogen) atoms. The summed E-state index contributed by atoms with van der Waals surface area (Å²) in [5.74, 6) is 1.51. The van der Waals surface area contributed by atoms with Crippen molar-refractivity contribution in [2.24, 2.45) is 0 Å². The van der Waals surface area contributed by atoms with E-state index < -0.39 is 0 Å². The van der Waals surface area contributed by atoms with Gasteiger partial charge in [-0.05, 0) is 37.5 Å². The number of carbonyl (C=O) groups excluding carboxylic acids is 1. The number of amides is 1. The predicted molar refractivity (Wildman–Crippen MR) is 111 cm³/mol. The molecule has 1 saturated heterocycles. The molecule has 2 N–H and O–H groups in total. The highest BCUT2D eigenvalue weighted by molar-refractivity contribution is 6.00. The number of hydrogen-bond donors (Lipinski definition) is 2. The molecule has 9 nitrogen and oxygen atoms in total. The van der Waals surface area contributed by atoms with E-state index >= 15 is 0 Å². The Hall–Kier alpha value is -3.20. The molecule has 0 aromatic carbocycles. The van der Waals surface area contributed by atoms with Crippen LogP contribution < -0.4 is 15.5 Å². The first kappa shape index (κ1) is 17.6. The molecular formula is C21H23N7O2. The number of hydrogen-bond acceptors (Lipinski definition) is 7. The van der Waals surface area contributed by atoms with Crippen LogP contribution in [0.1, 0.15) is 40.4 Å². The van der Waals surface area contributed by atoms with Crippen molar-refractivity contribution < 1.29 is 9.53 Å². The molecule has 3 aliphatic rings. The van der Waals surface area contributed by atoms with Crippen molar-refractivity contribution in [2.75, 3.05) is 36.5 Å². The summed E-state index contributed by atoms with van der Waals surface area (Å²) in [6.45, 7) is 4.57. The van der Waals surface area contributed by atoms with E-state index in [2.05, 4.69) is 31.7 Å². The van der Waals surface area contributed by atoms with Gasteiger partial charge in [0.15, 0.2) is 5.65 Å². The molecule has 3 aromatic rings. The number of rotatable bonds is 0. The van der Waals surface area contributed by atoms with Crippen molar-refractivity contribution in [1.82, 2.24) is 24.9 Å². The summed E-state index contributed by atoms with van der Waals surface area (Å²) in [6.07, 6.45) is 7.20. The zero-order chi connectivity index (χ0) is 20.3. The molecule has 0 unspecified atom stereocenters. The van der Waals surface area contributed by atoms with E-state index in [1.165, 1.54) is 0 Å². The van der Waals surface area contributed by atoms with Gasteiger partial charge in [-0.25, -0.2) is 14.5 Å². The van der Waals surface area contributed by atoms with Gasteiger partial charge in [0.05, 0.1) is 31.0 Å². The monoisotopic (exact) mass is 405 g/mol. The standard InChI is InChI=1S/C21H23N7O2/c1-13-8-14-16-11-30-7-6-27(16)17-2-5-28-19(25-17)15(10-24-28)20(29)26-21(3-4-21)12-23-18(14)22-9-13/h2,5,8-10,16H,3-4,6-7,11-12H2,1H3,(H,22,23)(H,26,29)/t16-/m1/s1. The van der Waals surface area contributed by atoms with Crippen LogP contribution >= 0.6 is 0 Å². The highest BCUT2D eigenvalue weighted by Gasteiger charge is 2.45. The van der Waals surface area contributed by atoms with Gasteiger partial charge in [0.1, 0.15) is 17.2 Å². The predicted octanol–water partition coefficient (Wildman–Crippen LogP) is 1.70. The number of morpholine rings is 1. The van der Waals surface area contributed by atoms with Crippen molar-refractivity contribution in [1.29, 1.82) is 0 Å². The normalized spacial score (nSPS) is 22.4. The van der Waals surface area contributed by atoms with Crippen LogP contribution in [-0.4, -0.2) is 57.3 Å². The van der Waals surface area contributed by atoms with Crippen LogP contribution in [0.15, 0.2) is 30.7 Å². The van der Waals surface area contributed by atoms with Crippen LogP contribution in [0.25, 0.3) is 5.65 Å². The molecule has 1 aliphatic carbocycles. The molecule has 1 amide bonds. The topological polar surface area (TPSA) is 96.7 Å². The van der Waals surface area contributed by atoms with Crippen molar-refractivity contribution in [3.8, 4) is 0 Å². The molecule has 2 aliphatic heterocycles. The largest absolute Gasteiger partial charge is 0.377 e. The van der Waals surface area contributed by atoms with E-state index in [4.69, 9.17) is 9.72 Å². The number of anilines is 2. The van der Waals surface area contributed by atoms with Crippen LogP contribution in [-0.2, 0) is 4.74 Å². The third-order valence-corrected chi connectivity index (χ3v) is 6.26. The fourth-order valence-electron chi connectivity index (χ4n) is 4.37. The third kappa shape index (κ3) is 2.80. The second-order valence-electron chi connectivity index (χ2n) is 8.43. The lowest BCUT2D eigenvalue weighted by Crippen LogP contribution is -2.42. The molecule has 2 fully saturated rings. The Kier molecular flexibility index (Phi) is 3.76. The molecule has 1 saturated carbocycles. The van der Waals surface area contributed by atoms with Crippen LogP contribution in [0.2, 0.25) is 0 Å². The number of aryl methyl sites for hydroxylation is 1. The van der Waals surface area contributed by atoms with E-state index in [1.54, 1.807) is 10.7 Å². The molecule has 0 radical (unpaired) electrons. The quantitative estimate of drug-likeness (QED) is 0.588. The summed E-state index contributed by atoms with van der Waals surface area (Å²) in [6, 6.07) is 4.09. The van der Waals surface area contributed by atoms with Crippen LogP contribution in [0.3, 0.4) is 0 Å². The molecule has 154 valence electrons. The Bertz CT molecular complexity index is 1150. The lowest BCUT2D eigenvalue weighted by molar-refractivity contribution is 0.0934. The van der Waals surface area contributed by atoms with Crippen LogP contribution in [0.5, 0.6) is 0 Å². The van der Waals surface area contributed by atoms with Gasteiger partial charge in [-0.1, -0.05) is 0 Å². The third-order valence-electron chi connectivity index (χ3n) is 6.26. The van der Waals surface area contributed by atoms with Crippen LogP contribution in [0, 0.1) is 6.92 Å². The highest BCUT2D eigenvalue weighted by atomic mass is 16.5. The fraction of sp³-hybridized carbons (Fsp3) is 0.429. The van der Waals surface area contributed by atoms with E-state index in [9.17, 15) is 4.79 Å². The second kappa shape index (κ2) is 6.40. The second-order valence-corrected chi connectivity index (χ2v) is 8.43. The van der Waals surface area contributed by atoms with E-state index in [0.717, 1.165) is 35.6 Å². The lowest BCUT2D eigenvalue weighted by Gasteiger charge is -2.37. The Morgan fingerprint density at radius 2 is 2.20 bits per heavy atom. The molecule has 9 heteroatoms. The van der Waals surface area contributed by atoms with Gasteiger partial charge in [0, 0.05) is 31.0 Å². The maximum absolute atomic E-state index is 13.0. The Morgan fingerprint density at radius 3 is 3.07 bits per heavy atom. The molecular weight excluding hydrogens is 382 g/mol. The number of carbonyl (C=O) groups is 1. The van der Waals surface area contributed by atoms with Crippen LogP contribution in [0.4, 0.5) is 11.6 Å². The molecule has 2 bridgehead atoms. The molecule has 1 atom stereocenters. The Morgan fingerprint density at radius 1 is 1.30 bits per heavy atom. The number of nitrogens with one attached hydrogen (secondary N) is 2. The Balaban J connectivity index is 1.54. The fourth-order valence-corrected chi connectivity index (χ4v) is 4.37.